The van der Waals surface area contributed by atoms with Gasteiger partial charge in [0.2, 0.25) is 0 Å². The van der Waals surface area contributed by atoms with E-state index in [1.165, 1.54) is 7.11 Å². The van der Waals surface area contributed by atoms with Crippen LogP contribution < -0.4 is 0 Å². The first-order chi connectivity index (χ1) is 7.95. The highest BCUT2D eigenvalue weighted by molar-refractivity contribution is 6.87. The van der Waals surface area contributed by atoms with Gasteiger partial charge in [0.15, 0.2) is 0 Å². The summed E-state index contributed by atoms with van der Waals surface area (Å²) < 4.78 is 4.80. The van der Waals surface area contributed by atoms with E-state index in [0.717, 1.165) is 5.56 Å². The Morgan fingerprint density at radius 3 is 2.29 bits per heavy atom. The molecule has 2 nitrogen and oxygen atoms in total. The molecule has 0 amide bonds. The standard InChI is InChI=1S/C14H18O2Si/c1-16-14(15)13(17(2,3)4)11-10-12-8-6-5-7-9-12/h5-10H,1-4H3. The lowest BCUT2D eigenvalue weighted by molar-refractivity contribution is -0.135. The van der Waals surface area contributed by atoms with Crippen LogP contribution in [-0.4, -0.2) is 21.2 Å². The molecule has 90 valence electrons. The van der Waals surface area contributed by atoms with E-state index in [4.69, 9.17) is 4.74 Å². The Bertz CT molecular complexity index is 449. The normalized spacial score (nSPS) is 10.4. The third-order valence-corrected chi connectivity index (χ3v) is 4.17. The summed E-state index contributed by atoms with van der Waals surface area (Å²) in [5.41, 5.74) is 4.14. The van der Waals surface area contributed by atoms with E-state index in [2.05, 4.69) is 25.4 Å². The minimum Gasteiger partial charge on any atom is -0.465 e. The van der Waals surface area contributed by atoms with Crippen molar-refractivity contribution in [3.05, 3.63) is 46.8 Å². The average Bonchev–Trinajstić information content (AvgIpc) is 2.28. The Balaban J connectivity index is 3.15. The van der Waals surface area contributed by atoms with Gasteiger partial charge in [-0.05, 0) is 11.6 Å². The SMILES string of the molecule is COC(=O)C(=C=Cc1ccccc1)[Si](C)(C)C. The summed E-state index contributed by atoms with van der Waals surface area (Å²) in [7, 11) is -0.315. The molecule has 0 aliphatic rings. The molecule has 1 aromatic rings. The molecular weight excluding hydrogens is 228 g/mol. The van der Waals surface area contributed by atoms with Crippen molar-refractivity contribution in [2.75, 3.05) is 7.11 Å². The van der Waals surface area contributed by atoms with Crippen LogP contribution in [0.3, 0.4) is 0 Å². The molecule has 0 bridgehead atoms. The number of benzene rings is 1. The highest BCUT2D eigenvalue weighted by atomic mass is 28.3. The number of rotatable bonds is 3. The molecule has 0 atom stereocenters. The lowest BCUT2D eigenvalue weighted by Crippen LogP contribution is -2.29. The van der Waals surface area contributed by atoms with Crippen molar-refractivity contribution in [3.63, 3.8) is 0 Å². The zero-order chi connectivity index (χ0) is 12.9. The predicted octanol–water partition coefficient (Wildman–Crippen LogP) is 3.28. The minimum atomic E-state index is -1.72. The van der Waals surface area contributed by atoms with Crippen LogP contribution in [0.25, 0.3) is 6.08 Å². The molecule has 0 aromatic heterocycles. The summed E-state index contributed by atoms with van der Waals surface area (Å²) in [6.07, 6.45) is 1.84. The number of carbonyl (C=O) groups excluding carboxylic acids is 1. The maximum Gasteiger partial charge on any atom is 0.337 e. The number of esters is 1. The fourth-order valence-electron chi connectivity index (χ4n) is 1.39. The van der Waals surface area contributed by atoms with Gasteiger partial charge in [0.05, 0.1) is 20.4 Å². The third kappa shape index (κ3) is 4.06. The molecule has 0 fully saturated rings. The van der Waals surface area contributed by atoms with Gasteiger partial charge in [0.1, 0.15) is 0 Å². The second-order valence-corrected chi connectivity index (χ2v) is 9.82. The van der Waals surface area contributed by atoms with Crippen molar-refractivity contribution in [2.45, 2.75) is 19.6 Å². The summed E-state index contributed by atoms with van der Waals surface area (Å²) in [5.74, 6) is -0.267. The van der Waals surface area contributed by atoms with E-state index in [1.54, 1.807) is 0 Å². The molecule has 0 saturated carbocycles. The zero-order valence-electron chi connectivity index (χ0n) is 10.8. The van der Waals surface area contributed by atoms with Gasteiger partial charge in [-0.15, -0.1) is 5.73 Å². The second kappa shape index (κ2) is 5.67. The first-order valence-corrected chi connectivity index (χ1v) is 9.05. The van der Waals surface area contributed by atoms with Crippen molar-refractivity contribution < 1.29 is 9.53 Å². The Labute approximate surface area is 104 Å². The molecule has 0 aliphatic carbocycles. The monoisotopic (exact) mass is 246 g/mol. The fourth-order valence-corrected chi connectivity index (χ4v) is 2.61. The number of methoxy groups -OCH3 is 1. The van der Waals surface area contributed by atoms with Crippen molar-refractivity contribution in [2.24, 2.45) is 0 Å². The lowest BCUT2D eigenvalue weighted by Gasteiger charge is -2.15. The van der Waals surface area contributed by atoms with Crippen LogP contribution in [-0.2, 0) is 9.53 Å². The van der Waals surface area contributed by atoms with Gasteiger partial charge >= 0.3 is 5.97 Å². The molecule has 3 heteroatoms. The molecule has 17 heavy (non-hydrogen) atoms. The molecule has 0 saturated heterocycles. The highest BCUT2D eigenvalue weighted by Crippen LogP contribution is 2.15. The first kappa shape index (κ1) is 13.5. The van der Waals surface area contributed by atoms with Crippen LogP contribution in [0.5, 0.6) is 0 Å². The van der Waals surface area contributed by atoms with Crippen molar-refractivity contribution in [1.29, 1.82) is 0 Å². The molecule has 0 aliphatic heterocycles. The quantitative estimate of drug-likeness (QED) is 0.354. The topological polar surface area (TPSA) is 26.3 Å². The largest absolute Gasteiger partial charge is 0.465 e. The van der Waals surface area contributed by atoms with Crippen LogP contribution in [0, 0.1) is 0 Å². The molecule has 0 heterocycles. The molecule has 0 radical (unpaired) electrons. The van der Waals surface area contributed by atoms with Crippen LogP contribution in [0.15, 0.2) is 41.3 Å². The fraction of sp³-hybridized carbons (Fsp3) is 0.286. The van der Waals surface area contributed by atoms with Gasteiger partial charge in [-0.3, -0.25) is 0 Å². The molecule has 0 N–H and O–H groups in total. The van der Waals surface area contributed by atoms with Crippen molar-refractivity contribution in [3.8, 4) is 0 Å². The van der Waals surface area contributed by atoms with E-state index in [-0.39, 0.29) is 5.97 Å². The Morgan fingerprint density at radius 1 is 1.24 bits per heavy atom. The van der Waals surface area contributed by atoms with Crippen LogP contribution in [0.2, 0.25) is 19.6 Å². The van der Waals surface area contributed by atoms with Gasteiger partial charge < -0.3 is 4.74 Å². The molecule has 1 aromatic carbocycles. The summed E-state index contributed by atoms with van der Waals surface area (Å²) in [4.78, 5) is 11.7. The number of carbonyl (C=O) groups is 1. The van der Waals surface area contributed by atoms with E-state index in [0.29, 0.717) is 5.20 Å². The van der Waals surface area contributed by atoms with Gasteiger partial charge in [-0.2, -0.15) is 0 Å². The summed E-state index contributed by atoms with van der Waals surface area (Å²) in [6.45, 7) is 6.31. The first-order valence-electron chi connectivity index (χ1n) is 5.55. The summed E-state index contributed by atoms with van der Waals surface area (Å²) >= 11 is 0. The minimum absolute atomic E-state index is 0.267. The van der Waals surface area contributed by atoms with Crippen LogP contribution in [0.1, 0.15) is 5.56 Å². The van der Waals surface area contributed by atoms with Crippen LogP contribution in [0.4, 0.5) is 0 Å². The zero-order valence-corrected chi connectivity index (χ0v) is 11.8. The van der Waals surface area contributed by atoms with E-state index in [1.807, 2.05) is 36.4 Å². The highest BCUT2D eigenvalue weighted by Gasteiger charge is 2.26. The van der Waals surface area contributed by atoms with Crippen LogP contribution >= 0.6 is 0 Å². The maximum atomic E-state index is 11.7. The number of hydrogen-bond donors (Lipinski definition) is 0. The third-order valence-electron chi connectivity index (χ3n) is 2.32. The van der Waals surface area contributed by atoms with Crippen molar-refractivity contribution >= 4 is 20.1 Å². The summed E-state index contributed by atoms with van der Waals surface area (Å²) in [5, 5.41) is 0.684. The molecule has 1 rings (SSSR count). The summed E-state index contributed by atoms with van der Waals surface area (Å²) in [6, 6.07) is 9.83. The lowest BCUT2D eigenvalue weighted by atomic mass is 10.2. The van der Waals surface area contributed by atoms with E-state index >= 15 is 0 Å². The van der Waals surface area contributed by atoms with E-state index in [9.17, 15) is 4.79 Å². The van der Waals surface area contributed by atoms with E-state index < -0.39 is 8.07 Å². The van der Waals surface area contributed by atoms with Crippen molar-refractivity contribution in [1.82, 2.24) is 0 Å². The maximum absolute atomic E-state index is 11.7. The average molecular weight is 246 g/mol. The van der Waals surface area contributed by atoms with Gasteiger partial charge in [-0.1, -0.05) is 50.0 Å². The molecule has 0 spiro atoms. The predicted molar refractivity (Wildman–Crippen MR) is 73.3 cm³/mol. The number of hydrogen-bond acceptors (Lipinski definition) is 2. The molecule has 0 unspecified atom stereocenters. The smallest absolute Gasteiger partial charge is 0.337 e. The Kier molecular flexibility index (Phi) is 4.50. The van der Waals surface area contributed by atoms with Gasteiger partial charge in [0.25, 0.3) is 0 Å². The number of ether oxygens (including phenoxy) is 1. The Morgan fingerprint density at radius 2 is 1.82 bits per heavy atom. The van der Waals surface area contributed by atoms with Gasteiger partial charge in [0, 0.05) is 0 Å². The Hall–Kier alpha value is -1.57. The molecular formula is C14H18O2Si. The van der Waals surface area contributed by atoms with Gasteiger partial charge in [-0.25, -0.2) is 4.79 Å². The second-order valence-electron chi connectivity index (χ2n) is 4.82.